The summed E-state index contributed by atoms with van der Waals surface area (Å²) in [6.07, 6.45) is 6.69. The van der Waals surface area contributed by atoms with Crippen LogP contribution in [0.25, 0.3) is 5.57 Å². The van der Waals surface area contributed by atoms with Crippen LogP contribution in [0.3, 0.4) is 0 Å². The largest absolute Gasteiger partial charge is 0.370 e. The number of carbonyl (C=O) groups is 2. The quantitative estimate of drug-likeness (QED) is 0.120. The van der Waals surface area contributed by atoms with Crippen LogP contribution >= 0.6 is 0 Å². The van der Waals surface area contributed by atoms with E-state index >= 15 is 0 Å². The molecule has 1 heterocycles. The molecule has 2 rings (SSSR count). The fourth-order valence-corrected chi connectivity index (χ4v) is 3.60. The van der Waals surface area contributed by atoms with Gasteiger partial charge in [-0.1, -0.05) is 20.6 Å². The van der Waals surface area contributed by atoms with Gasteiger partial charge in [-0.25, -0.2) is 4.99 Å². The SMILES string of the molecule is C.C=C(/C=C\C(=C)NC(=O)c1ccc(C2=CCN(C(=BOC#N)NC(=O)OC(C)(C)C)CC2)cc1C)N=C(N)N. The van der Waals surface area contributed by atoms with Crippen LogP contribution in [0, 0.1) is 18.4 Å². The van der Waals surface area contributed by atoms with Crippen molar-refractivity contribution in [2.24, 2.45) is 16.5 Å². The summed E-state index contributed by atoms with van der Waals surface area (Å²) in [7, 11) is 1.18. The van der Waals surface area contributed by atoms with Crippen molar-refractivity contribution >= 4 is 36.4 Å². The van der Waals surface area contributed by atoms with Crippen molar-refractivity contribution in [1.82, 2.24) is 15.5 Å². The number of aryl methyl sites for hydroxylation is 1. The monoisotopic (exact) mass is 547 g/mol. The van der Waals surface area contributed by atoms with Crippen LogP contribution in [-0.2, 0) is 9.39 Å². The third kappa shape index (κ3) is 10.9. The number of guanidine groups is 1. The zero-order valence-electron chi connectivity index (χ0n) is 22.7. The first-order valence-electron chi connectivity index (χ1n) is 12.1. The molecule has 1 aliphatic heterocycles. The van der Waals surface area contributed by atoms with Crippen LogP contribution in [0.15, 0.2) is 66.0 Å². The van der Waals surface area contributed by atoms with Crippen molar-refractivity contribution < 1.29 is 19.0 Å². The predicted molar refractivity (Wildman–Crippen MR) is 160 cm³/mol. The van der Waals surface area contributed by atoms with Gasteiger partial charge >= 0.3 is 176 Å². The summed E-state index contributed by atoms with van der Waals surface area (Å²) in [4.78, 5) is 30.7. The molecule has 0 fully saturated rings. The van der Waals surface area contributed by atoms with Gasteiger partial charge in [0.1, 0.15) is 0 Å². The van der Waals surface area contributed by atoms with Crippen molar-refractivity contribution in [2.45, 2.75) is 47.1 Å². The van der Waals surface area contributed by atoms with E-state index < -0.39 is 11.7 Å². The van der Waals surface area contributed by atoms with Crippen LogP contribution in [0.5, 0.6) is 0 Å². The first-order chi connectivity index (χ1) is 18.3. The minimum atomic E-state index is -0.672. The molecular weight excluding hydrogens is 509 g/mol. The van der Waals surface area contributed by atoms with Crippen molar-refractivity contribution in [2.75, 3.05) is 13.1 Å². The van der Waals surface area contributed by atoms with E-state index in [0.717, 1.165) is 16.7 Å². The van der Waals surface area contributed by atoms with E-state index in [4.69, 9.17) is 26.1 Å². The Labute approximate surface area is 236 Å². The second-order valence-corrected chi connectivity index (χ2v) is 9.63. The Balaban J connectivity index is 0.00000800. The molecule has 40 heavy (non-hydrogen) atoms. The first kappa shape index (κ1) is 33.2. The van der Waals surface area contributed by atoms with E-state index in [1.54, 1.807) is 39.2 Å². The van der Waals surface area contributed by atoms with Crippen molar-refractivity contribution in [3.8, 4) is 6.26 Å². The maximum atomic E-state index is 12.8. The minimum Gasteiger partial charge on any atom is -0.370 e. The number of ether oxygens (including phenoxy) is 1. The normalized spacial score (nSPS) is 13.0. The number of nitrogens with two attached hydrogens (primary N) is 2. The van der Waals surface area contributed by atoms with Gasteiger partial charge in [0.05, 0.1) is 5.70 Å². The van der Waals surface area contributed by atoms with Gasteiger partial charge < -0.3 is 11.5 Å². The molecule has 0 radical (unpaired) electrons. The molecule has 6 N–H and O–H groups in total. The smallest absolute Gasteiger partial charge is 0.191 e. The molecule has 0 aromatic heterocycles. The molecule has 1 aromatic rings. The average molecular weight is 547 g/mol. The number of allylic oxidation sites excluding steroid dienone is 2. The fourth-order valence-electron chi connectivity index (χ4n) is 3.60. The third-order valence-corrected chi connectivity index (χ3v) is 5.27. The summed E-state index contributed by atoms with van der Waals surface area (Å²) in [5.74, 6) is -0.413. The molecule has 0 atom stereocenters. The summed E-state index contributed by atoms with van der Waals surface area (Å²) >= 11 is 0. The molecule has 0 saturated carbocycles. The molecule has 12 heteroatoms. The maximum Gasteiger partial charge on any atom is 0.191 e. The van der Waals surface area contributed by atoms with Crippen molar-refractivity contribution in [3.63, 3.8) is 0 Å². The maximum absolute atomic E-state index is 12.8. The molecule has 1 aromatic carbocycles. The fraction of sp³-hybridized carbons (Fsp3) is 0.321. The number of hydrogen-bond donors (Lipinski definition) is 4. The Kier molecular flexibility index (Phi) is 12.4. The number of alkyl carbamates (subject to hydrolysis) is 1. The van der Waals surface area contributed by atoms with E-state index in [-0.39, 0.29) is 19.3 Å². The molecule has 11 nitrogen and oxygen atoms in total. The number of nitrogens with zero attached hydrogens (tertiary/aromatic N) is 3. The molecule has 0 saturated heterocycles. The van der Waals surface area contributed by atoms with Gasteiger partial charge in [-0.15, -0.1) is 0 Å². The number of amides is 2. The van der Waals surface area contributed by atoms with E-state index in [9.17, 15) is 9.59 Å². The van der Waals surface area contributed by atoms with Gasteiger partial charge in [0.25, 0.3) is 0 Å². The number of hydrogen-bond acceptors (Lipinski definition) is 7. The van der Waals surface area contributed by atoms with Crippen LogP contribution in [0.1, 0.15) is 56.1 Å². The van der Waals surface area contributed by atoms with Crippen LogP contribution in [0.4, 0.5) is 4.79 Å². The van der Waals surface area contributed by atoms with Gasteiger partial charge in [-0.05, 0) is 12.2 Å². The molecule has 0 unspecified atom stereocenters. The first-order valence-corrected chi connectivity index (χ1v) is 12.1. The van der Waals surface area contributed by atoms with E-state index in [1.165, 1.54) is 13.2 Å². The van der Waals surface area contributed by atoms with Gasteiger partial charge in [-0.2, -0.15) is 0 Å². The predicted octanol–water partition coefficient (Wildman–Crippen LogP) is 3.04. The van der Waals surface area contributed by atoms with Crippen LogP contribution in [0.2, 0.25) is 0 Å². The Morgan fingerprint density at radius 2 is 1.93 bits per heavy atom. The number of benzene rings is 1. The van der Waals surface area contributed by atoms with Crippen molar-refractivity contribution in [3.05, 3.63) is 77.7 Å². The number of nitriles is 1. The zero-order chi connectivity index (χ0) is 29.2. The Hall–Kier alpha value is -4.79. The van der Waals surface area contributed by atoms with E-state index in [2.05, 4.69) is 28.8 Å². The summed E-state index contributed by atoms with van der Waals surface area (Å²) in [5, 5.41) is 14.2. The van der Waals surface area contributed by atoms with Crippen molar-refractivity contribution in [1.29, 1.82) is 5.26 Å². The molecule has 212 valence electrons. The number of rotatable bonds is 9. The molecular formula is C28H38BN7O4. The zero-order valence-corrected chi connectivity index (χ0v) is 22.7. The van der Waals surface area contributed by atoms with Gasteiger partial charge in [0.15, 0.2) is 5.96 Å². The summed E-state index contributed by atoms with van der Waals surface area (Å²) < 4.78 is 10.1. The standard InChI is InChI=1S/C27H34BN7O4.CH4/c1-17-15-21(9-10-22(17)23(36)32-18(2)7-8-19(3)33-25(30)31)20-11-13-35(14-12-20)24(28-38-16-29)34-26(37)39-27(4,5)6;/h7-11,15H,2-3,12-14H2,1,4-6H3,(H,32,36)(H,34,37)(H4,30,31,33);1H4/b8-7-;. The van der Waals surface area contributed by atoms with Crippen LogP contribution < -0.4 is 22.1 Å². The Morgan fingerprint density at radius 3 is 2.48 bits per heavy atom. The minimum absolute atomic E-state index is 0. The second kappa shape index (κ2) is 15.0. The number of nitrogens with one attached hydrogen (secondary N) is 2. The summed E-state index contributed by atoms with van der Waals surface area (Å²) in [6, 6.07) is 5.60. The average Bonchev–Trinajstić information content (AvgIpc) is 2.83. The molecule has 1 aliphatic rings. The summed E-state index contributed by atoms with van der Waals surface area (Å²) in [6.45, 7) is 15.7. The molecule has 0 aliphatic carbocycles. The topological polar surface area (TPSA) is 168 Å². The molecule has 0 bridgehead atoms. The van der Waals surface area contributed by atoms with Gasteiger partial charge in [-0.3, -0.25) is 0 Å². The number of carbonyl (C=O) groups excluding carboxylic acids is 2. The van der Waals surface area contributed by atoms with E-state index in [0.29, 0.717) is 42.2 Å². The number of aliphatic imine (C=N–C) groups is 1. The Morgan fingerprint density at radius 1 is 1.23 bits per heavy atom. The Bertz CT molecular complexity index is 1300. The van der Waals surface area contributed by atoms with Gasteiger partial charge in [0.2, 0.25) is 0 Å². The molecule has 0 spiro atoms. The van der Waals surface area contributed by atoms with Crippen LogP contribution in [-0.4, -0.2) is 54.4 Å². The van der Waals surface area contributed by atoms with Gasteiger partial charge in [0, 0.05) is 0 Å². The van der Waals surface area contributed by atoms with E-state index in [1.807, 2.05) is 30.0 Å². The third-order valence-electron chi connectivity index (χ3n) is 5.27. The second-order valence-electron chi connectivity index (χ2n) is 9.63. The molecule has 2 amide bonds. The summed E-state index contributed by atoms with van der Waals surface area (Å²) in [5.41, 5.74) is 14.3.